The molecule has 0 saturated heterocycles. The average molecular weight is 951 g/mol. The zero-order chi connectivity index (χ0) is 49.2. The maximum atomic E-state index is 12.8. The topological polar surface area (TPSA) is 102 Å². The van der Waals surface area contributed by atoms with Gasteiger partial charge in [0.05, 0.1) is 40.3 Å². The Bertz CT molecular complexity index is 1060. The summed E-state index contributed by atoms with van der Waals surface area (Å²) in [6.45, 7) is 4.75. The maximum Gasteiger partial charge on any atom is 0.306 e. The molecule has 0 aromatic carbocycles. The first-order chi connectivity index (χ1) is 32.6. The Morgan fingerprint density at radius 1 is 0.388 bits per heavy atom. The van der Waals surface area contributed by atoms with E-state index in [1.165, 1.54) is 238 Å². The number of hydrogen-bond acceptors (Lipinski definition) is 7. The number of nitrogens with zero attached hydrogens (tertiary/aromatic N) is 1. The van der Waals surface area contributed by atoms with Gasteiger partial charge in [-0.05, 0) is 12.8 Å². The molecule has 0 radical (unpaired) electrons. The Labute approximate surface area is 416 Å². The van der Waals surface area contributed by atoms with E-state index in [1.807, 2.05) is 21.1 Å². The van der Waals surface area contributed by atoms with Gasteiger partial charge in [0.15, 0.2) is 6.10 Å². The summed E-state index contributed by atoms with van der Waals surface area (Å²) in [5.74, 6) is -1.70. The minimum atomic E-state index is -1.12. The Morgan fingerprint density at radius 2 is 0.657 bits per heavy atom. The van der Waals surface area contributed by atoms with E-state index in [9.17, 15) is 19.5 Å². The molecule has 0 spiro atoms. The van der Waals surface area contributed by atoms with Gasteiger partial charge >= 0.3 is 11.9 Å². The molecule has 0 fully saturated rings. The largest absolute Gasteiger partial charge is 0.544 e. The molecule has 67 heavy (non-hydrogen) atoms. The van der Waals surface area contributed by atoms with E-state index in [-0.39, 0.29) is 42.7 Å². The van der Waals surface area contributed by atoms with Crippen LogP contribution in [0.4, 0.5) is 0 Å². The van der Waals surface area contributed by atoms with Gasteiger partial charge in [0.1, 0.15) is 12.6 Å². The molecule has 0 rings (SSSR count). The van der Waals surface area contributed by atoms with Crippen LogP contribution < -0.4 is 5.11 Å². The molecular weight excluding hydrogens is 835 g/mol. The average Bonchev–Trinajstić information content (AvgIpc) is 3.29. The Balaban J connectivity index is 4.09. The zero-order valence-electron chi connectivity index (χ0n) is 45.6. The van der Waals surface area contributed by atoms with Crippen LogP contribution in [0.2, 0.25) is 0 Å². The van der Waals surface area contributed by atoms with Crippen molar-refractivity contribution in [2.45, 2.75) is 321 Å². The molecule has 2 unspecified atom stereocenters. The molecule has 0 bridgehead atoms. The van der Waals surface area contributed by atoms with Crippen LogP contribution in [0.1, 0.15) is 309 Å². The number of carbonyl (C=O) groups excluding carboxylic acids is 3. The number of aliphatic carboxylic acids is 1. The molecule has 0 aromatic rings. The van der Waals surface area contributed by atoms with Crippen molar-refractivity contribution in [1.29, 1.82) is 0 Å². The quantitative estimate of drug-likeness (QED) is 0.0340. The lowest BCUT2D eigenvalue weighted by Crippen LogP contribution is -2.55. The van der Waals surface area contributed by atoms with Crippen LogP contribution >= 0.6 is 0 Å². The summed E-state index contributed by atoms with van der Waals surface area (Å²) < 4.78 is 17.3. The minimum absolute atomic E-state index is 0.0502. The molecule has 0 aromatic heterocycles. The van der Waals surface area contributed by atoms with Gasteiger partial charge in [-0.15, -0.1) is 0 Å². The molecule has 8 heteroatoms. The summed E-state index contributed by atoms with van der Waals surface area (Å²) in [5.41, 5.74) is 0. The summed E-state index contributed by atoms with van der Waals surface area (Å²) in [4.78, 5) is 37.2. The number of carboxylic acid groups (broad SMARTS) is 1. The highest BCUT2D eigenvalue weighted by Crippen LogP contribution is 2.18. The molecule has 0 heterocycles. The summed E-state index contributed by atoms with van der Waals surface area (Å²) >= 11 is 0. The van der Waals surface area contributed by atoms with Crippen molar-refractivity contribution in [2.24, 2.45) is 0 Å². The Kier molecular flexibility index (Phi) is 49.4. The molecule has 0 N–H and O–H groups in total. The number of unbranched alkanes of at least 4 members (excludes halogenated alkanes) is 41. The third-order valence-corrected chi connectivity index (χ3v) is 14.0. The number of rotatable bonds is 55. The van der Waals surface area contributed by atoms with Crippen molar-refractivity contribution in [3.63, 3.8) is 0 Å². The summed E-state index contributed by atoms with van der Waals surface area (Å²) in [7, 11) is 5.44. The lowest BCUT2D eigenvalue weighted by atomic mass is 10.0. The van der Waals surface area contributed by atoms with E-state index in [0.29, 0.717) is 12.8 Å². The van der Waals surface area contributed by atoms with Gasteiger partial charge in [-0.1, -0.05) is 277 Å². The van der Waals surface area contributed by atoms with Gasteiger partial charge in [-0.25, -0.2) is 0 Å². The first-order valence-corrected chi connectivity index (χ1v) is 29.6. The van der Waals surface area contributed by atoms with Crippen molar-refractivity contribution < 1.29 is 38.2 Å². The molecule has 398 valence electrons. The van der Waals surface area contributed by atoms with Crippen molar-refractivity contribution in [2.75, 3.05) is 41.0 Å². The van der Waals surface area contributed by atoms with E-state index in [4.69, 9.17) is 14.2 Å². The first kappa shape index (κ1) is 65.3. The highest BCUT2D eigenvalue weighted by atomic mass is 16.6. The SMILES string of the molecule is CCCCCCCCCCCCCCCCCCCCCCCCCC(=O)OC(COCCC(C(=O)[O-])[N+](C)(C)C)COC(=O)CCCCCCCCCCCCCCCCCCCCCC. The van der Waals surface area contributed by atoms with Gasteiger partial charge < -0.3 is 28.6 Å². The number of ether oxygens (including phenoxy) is 3. The van der Waals surface area contributed by atoms with Crippen molar-refractivity contribution in [1.82, 2.24) is 0 Å². The predicted molar refractivity (Wildman–Crippen MR) is 282 cm³/mol. The standard InChI is InChI=1S/C59H115NO7/c1-6-8-10-12-14-16-18-20-22-24-26-28-29-30-32-34-36-38-40-42-44-46-48-50-58(62)67-55(53-65-52-51-56(59(63)64)60(3,4)5)54-66-57(61)49-47-45-43-41-39-37-35-33-31-27-25-23-21-19-17-15-13-11-9-7-2/h55-56H,6-54H2,1-5H3. The number of carboxylic acids is 1. The van der Waals surface area contributed by atoms with Gasteiger partial charge in [-0.3, -0.25) is 9.59 Å². The first-order valence-electron chi connectivity index (χ1n) is 29.6. The van der Waals surface area contributed by atoms with E-state index in [1.54, 1.807) is 0 Å². The molecular formula is C59H115NO7. The van der Waals surface area contributed by atoms with Gasteiger partial charge in [0.25, 0.3) is 0 Å². The fourth-order valence-electron chi connectivity index (χ4n) is 9.43. The number of quaternary nitrogens is 1. The Morgan fingerprint density at radius 3 is 0.925 bits per heavy atom. The van der Waals surface area contributed by atoms with Crippen molar-refractivity contribution in [3.8, 4) is 0 Å². The van der Waals surface area contributed by atoms with Crippen LogP contribution in [-0.2, 0) is 28.6 Å². The number of esters is 2. The molecule has 0 aliphatic carbocycles. The second kappa shape index (κ2) is 50.7. The zero-order valence-corrected chi connectivity index (χ0v) is 45.6. The van der Waals surface area contributed by atoms with Crippen molar-refractivity contribution in [3.05, 3.63) is 0 Å². The third kappa shape index (κ3) is 49.1. The van der Waals surface area contributed by atoms with E-state index < -0.39 is 18.1 Å². The summed E-state index contributed by atoms with van der Waals surface area (Å²) in [6, 6.07) is -0.721. The minimum Gasteiger partial charge on any atom is -0.544 e. The molecule has 0 aliphatic heterocycles. The second-order valence-electron chi connectivity index (χ2n) is 21.6. The monoisotopic (exact) mass is 950 g/mol. The van der Waals surface area contributed by atoms with Crippen LogP contribution in [0.5, 0.6) is 0 Å². The van der Waals surface area contributed by atoms with Gasteiger partial charge in [0.2, 0.25) is 0 Å². The van der Waals surface area contributed by atoms with Crippen LogP contribution in [-0.4, -0.2) is 75.5 Å². The summed E-state index contributed by atoms with van der Waals surface area (Å²) in [5, 5.41) is 11.7. The molecule has 0 aliphatic rings. The molecule has 8 nitrogen and oxygen atoms in total. The second-order valence-corrected chi connectivity index (χ2v) is 21.6. The highest BCUT2D eigenvalue weighted by Gasteiger charge is 2.25. The number of hydrogen-bond donors (Lipinski definition) is 0. The molecule has 0 amide bonds. The highest BCUT2D eigenvalue weighted by molar-refractivity contribution is 5.70. The smallest absolute Gasteiger partial charge is 0.306 e. The lowest BCUT2D eigenvalue weighted by Gasteiger charge is -2.34. The van der Waals surface area contributed by atoms with Crippen LogP contribution in [0, 0.1) is 0 Å². The van der Waals surface area contributed by atoms with Crippen LogP contribution in [0.3, 0.4) is 0 Å². The lowest BCUT2D eigenvalue weighted by molar-refractivity contribution is -0.889. The predicted octanol–water partition coefficient (Wildman–Crippen LogP) is 16.3. The van der Waals surface area contributed by atoms with Crippen molar-refractivity contribution >= 4 is 17.9 Å². The van der Waals surface area contributed by atoms with Crippen LogP contribution in [0.15, 0.2) is 0 Å². The normalized spacial score (nSPS) is 12.7. The molecule has 2 atom stereocenters. The third-order valence-electron chi connectivity index (χ3n) is 14.0. The van der Waals surface area contributed by atoms with E-state index in [2.05, 4.69) is 13.8 Å². The van der Waals surface area contributed by atoms with Gasteiger partial charge in [-0.2, -0.15) is 0 Å². The maximum absolute atomic E-state index is 12.8. The van der Waals surface area contributed by atoms with E-state index in [0.717, 1.165) is 38.5 Å². The van der Waals surface area contributed by atoms with E-state index >= 15 is 0 Å². The number of carbonyl (C=O) groups is 3. The van der Waals surface area contributed by atoms with Gasteiger partial charge in [0, 0.05) is 19.3 Å². The Hall–Kier alpha value is -1.67. The fourth-order valence-corrected chi connectivity index (χ4v) is 9.43. The summed E-state index contributed by atoms with van der Waals surface area (Å²) in [6.07, 6.45) is 57.2. The number of likely N-dealkylation sites (N-methyl/N-ethyl adjacent to an activating group) is 1. The molecule has 0 saturated carbocycles. The fraction of sp³-hybridized carbons (Fsp3) is 0.949. The van der Waals surface area contributed by atoms with Crippen LogP contribution in [0.25, 0.3) is 0 Å².